The van der Waals surface area contributed by atoms with Gasteiger partial charge in [0.15, 0.2) is 11.5 Å². The topological polar surface area (TPSA) is 149 Å². The van der Waals surface area contributed by atoms with E-state index in [0.717, 1.165) is 4.90 Å². The highest BCUT2D eigenvalue weighted by molar-refractivity contribution is 6.39. The van der Waals surface area contributed by atoms with Crippen LogP contribution in [0.1, 0.15) is 31.8 Å². The van der Waals surface area contributed by atoms with Crippen LogP contribution < -0.4 is 19.7 Å². The predicted molar refractivity (Wildman–Crippen MR) is 143 cm³/mol. The molecule has 1 aliphatic rings. The number of rotatable bonds is 8. The van der Waals surface area contributed by atoms with Crippen molar-refractivity contribution in [2.45, 2.75) is 6.61 Å². The van der Waals surface area contributed by atoms with Crippen molar-refractivity contribution in [2.75, 3.05) is 19.1 Å². The monoisotopic (exact) mass is 564 g/mol. The van der Waals surface area contributed by atoms with Crippen LogP contribution in [0, 0.1) is 0 Å². The minimum atomic E-state index is -1.05. The Morgan fingerprint density at radius 2 is 1.62 bits per heavy atom. The van der Waals surface area contributed by atoms with E-state index in [-0.39, 0.29) is 45.5 Å². The summed E-state index contributed by atoms with van der Waals surface area (Å²) in [6.45, 7) is 0.0587. The maximum atomic E-state index is 13.2. The summed E-state index contributed by atoms with van der Waals surface area (Å²) in [4.78, 5) is 61.8. The standard InChI is InChI=1S/C28H21ClN2O9/c1-38-22-13-16(12-21(29)23(22)40-14-15-3-5-17(6-4-15)26(34)35)11-20-24(32)30-28(37)31(25(20)33)19-9-7-18(8-10-19)27(36)39-2/h3-13H,14H2,1-2H3,(H,34,35)(H,30,32,37)/b20-11+. The van der Waals surface area contributed by atoms with E-state index >= 15 is 0 Å². The number of hydrogen-bond donors (Lipinski definition) is 2. The molecule has 0 bridgehead atoms. The molecule has 0 aromatic heterocycles. The number of imide groups is 2. The number of ether oxygens (including phenoxy) is 3. The summed E-state index contributed by atoms with van der Waals surface area (Å²) in [7, 11) is 2.61. The van der Waals surface area contributed by atoms with Crippen LogP contribution in [-0.2, 0) is 20.9 Å². The van der Waals surface area contributed by atoms with Gasteiger partial charge in [-0.25, -0.2) is 19.3 Å². The van der Waals surface area contributed by atoms with E-state index in [0.29, 0.717) is 11.1 Å². The number of carboxylic acids is 1. The number of amides is 4. The molecule has 3 aromatic rings. The molecule has 1 saturated heterocycles. The highest BCUT2D eigenvalue weighted by atomic mass is 35.5. The summed E-state index contributed by atoms with van der Waals surface area (Å²) in [5.41, 5.74) is 1.13. The molecule has 11 nitrogen and oxygen atoms in total. The van der Waals surface area contributed by atoms with Gasteiger partial charge in [0.1, 0.15) is 12.2 Å². The Morgan fingerprint density at radius 1 is 0.975 bits per heavy atom. The summed E-state index contributed by atoms with van der Waals surface area (Å²) in [6, 6.07) is 13.6. The maximum Gasteiger partial charge on any atom is 0.337 e. The van der Waals surface area contributed by atoms with Crippen molar-refractivity contribution >= 4 is 53.1 Å². The second kappa shape index (κ2) is 11.7. The fourth-order valence-corrected chi connectivity index (χ4v) is 4.06. The fraction of sp³-hybridized carbons (Fsp3) is 0.107. The van der Waals surface area contributed by atoms with Crippen LogP contribution in [0.2, 0.25) is 5.02 Å². The highest BCUT2D eigenvalue weighted by Gasteiger charge is 2.37. The van der Waals surface area contributed by atoms with Crippen LogP contribution in [0.5, 0.6) is 11.5 Å². The molecule has 4 rings (SSSR count). The van der Waals surface area contributed by atoms with Gasteiger partial charge in [0.2, 0.25) is 0 Å². The Balaban J connectivity index is 1.59. The van der Waals surface area contributed by atoms with Gasteiger partial charge in [-0.1, -0.05) is 23.7 Å². The largest absolute Gasteiger partial charge is 0.493 e. The number of halogens is 1. The highest BCUT2D eigenvalue weighted by Crippen LogP contribution is 2.38. The predicted octanol–water partition coefficient (Wildman–Crippen LogP) is 4.08. The third-order valence-electron chi connectivity index (χ3n) is 5.80. The van der Waals surface area contributed by atoms with Crippen molar-refractivity contribution in [3.8, 4) is 11.5 Å². The number of anilines is 1. The molecule has 2 N–H and O–H groups in total. The lowest BCUT2D eigenvalue weighted by Gasteiger charge is -2.26. The van der Waals surface area contributed by atoms with Crippen LogP contribution in [0.3, 0.4) is 0 Å². The molecule has 0 atom stereocenters. The molecule has 0 unspecified atom stereocenters. The average molecular weight is 565 g/mol. The minimum Gasteiger partial charge on any atom is -0.493 e. The van der Waals surface area contributed by atoms with E-state index < -0.39 is 29.8 Å². The first kappa shape index (κ1) is 27.9. The van der Waals surface area contributed by atoms with Gasteiger partial charge in [-0.2, -0.15) is 0 Å². The molecule has 0 aliphatic carbocycles. The molecule has 1 heterocycles. The van der Waals surface area contributed by atoms with Crippen LogP contribution in [0.25, 0.3) is 6.08 Å². The Kier molecular flexibility index (Phi) is 8.15. The molecule has 1 fully saturated rings. The van der Waals surface area contributed by atoms with Gasteiger partial charge in [0.25, 0.3) is 11.8 Å². The molecule has 204 valence electrons. The molecular weight excluding hydrogens is 544 g/mol. The fourth-order valence-electron chi connectivity index (χ4n) is 3.79. The smallest absolute Gasteiger partial charge is 0.337 e. The maximum absolute atomic E-state index is 13.2. The summed E-state index contributed by atoms with van der Waals surface area (Å²) in [5.74, 6) is -3.04. The molecule has 0 radical (unpaired) electrons. The second-order valence-electron chi connectivity index (χ2n) is 8.32. The zero-order valence-electron chi connectivity index (χ0n) is 21.1. The molecule has 4 amide bonds. The number of nitrogens with one attached hydrogen (secondary N) is 1. The SMILES string of the molecule is COC(=O)c1ccc(N2C(=O)NC(=O)/C(=C\c3cc(Cl)c(OCc4ccc(C(=O)O)cc4)c(OC)c3)C2=O)cc1. The van der Waals surface area contributed by atoms with E-state index in [4.69, 9.17) is 26.2 Å². The quantitative estimate of drug-likeness (QED) is 0.234. The number of aromatic carboxylic acids is 1. The first-order chi connectivity index (χ1) is 19.1. The van der Waals surface area contributed by atoms with Crippen molar-refractivity contribution in [3.05, 3.63) is 93.5 Å². The van der Waals surface area contributed by atoms with E-state index in [1.165, 1.54) is 68.8 Å². The van der Waals surface area contributed by atoms with Gasteiger partial charge in [0, 0.05) is 0 Å². The summed E-state index contributed by atoms with van der Waals surface area (Å²) in [5, 5.41) is 11.3. The summed E-state index contributed by atoms with van der Waals surface area (Å²) >= 11 is 6.44. The Morgan fingerprint density at radius 3 is 2.23 bits per heavy atom. The normalized spacial score (nSPS) is 14.1. The van der Waals surface area contributed by atoms with Crippen molar-refractivity contribution in [1.29, 1.82) is 0 Å². The molecular formula is C28H21ClN2O9. The lowest BCUT2D eigenvalue weighted by Crippen LogP contribution is -2.54. The third-order valence-corrected chi connectivity index (χ3v) is 6.08. The number of nitrogens with zero attached hydrogens (tertiary/aromatic N) is 1. The van der Waals surface area contributed by atoms with Crippen molar-refractivity contribution in [3.63, 3.8) is 0 Å². The summed E-state index contributed by atoms with van der Waals surface area (Å²) in [6.07, 6.45) is 1.25. The lowest BCUT2D eigenvalue weighted by atomic mass is 10.1. The summed E-state index contributed by atoms with van der Waals surface area (Å²) < 4.78 is 15.8. The number of esters is 1. The minimum absolute atomic E-state index is 0.0587. The average Bonchev–Trinajstić information content (AvgIpc) is 2.94. The first-order valence-corrected chi connectivity index (χ1v) is 11.9. The molecule has 40 heavy (non-hydrogen) atoms. The van der Waals surface area contributed by atoms with E-state index in [2.05, 4.69) is 10.1 Å². The van der Waals surface area contributed by atoms with Crippen LogP contribution in [0.15, 0.2) is 66.2 Å². The van der Waals surface area contributed by atoms with Gasteiger partial charge in [-0.15, -0.1) is 0 Å². The number of barbiturate groups is 1. The van der Waals surface area contributed by atoms with Gasteiger partial charge >= 0.3 is 18.0 Å². The first-order valence-electron chi connectivity index (χ1n) is 11.5. The number of methoxy groups -OCH3 is 2. The van der Waals surface area contributed by atoms with Crippen molar-refractivity contribution in [1.82, 2.24) is 5.32 Å². The number of hydrogen-bond acceptors (Lipinski definition) is 8. The Hall–Kier alpha value is -5.16. The van der Waals surface area contributed by atoms with Crippen molar-refractivity contribution < 1.29 is 43.3 Å². The van der Waals surface area contributed by atoms with Crippen molar-refractivity contribution in [2.24, 2.45) is 0 Å². The zero-order chi connectivity index (χ0) is 29.0. The lowest BCUT2D eigenvalue weighted by molar-refractivity contribution is -0.122. The van der Waals surface area contributed by atoms with Gasteiger partial charge in [-0.05, 0) is 65.7 Å². The third kappa shape index (κ3) is 5.79. The molecule has 0 saturated carbocycles. The Labute approximate surface area is 232 Å². The van der Waals surface area contributed by atoms with Crippen LogP contribution in [0.4, 0.5) is 10.5 Å². The number of carboxylic acid groups (broad SMARTS) is 1. The Bertz CT molecular complexity index is 1550. The van der Waals surface area contributed by atoms with Gasteiger partial charge in [0.05, 0.1) is 36.1 Å². The van der Waals surface area contributed by atoms with E-state index in [1.807, 2.05) is 0 Å². The zero-order valence-corrected chi connectivity index (χ0v) is 21.9. The van der Waals surface area contributed by atoms with Crippen LogP contribution >= 0.6 is 11.6 Å². The van der Waals surface area contributed by atoms with E-state index in [1.54, 1.807) is 12.1 Å². The second-order valence-corrected chi connectivity index (χ2v) is 8.73. The molecule has 3 aromatic carbocycles. The van der Waals surface area contributed by atoms with Crippen LogP contribution in [-0.4, -0.2) is 49.1 Å². The number of urea groups is 1. The molecule has 1 aliphatic heterocycles. The van der Waals surface area contributed by atoms with Gasteiger partial charge in [-0.3, -0.25) is 14.9 Å². The number of carbonyl (C=O) groups is 5. The van der Waals surface area contributed by atoms with Gasteiger partial charge < -0.3 is 19.3 Å². The molecule has 12 heteroatoms. The van der Waals surface area contributed by atoms with E-state index in [9.17, 15) is 24.0 Å². The number of benzene rings is 3. The molecule has 0 spiro atoms. The number of carbonyl (C=O) groups excluding carboxylic acids is 4.